The van der Waals surface area contributed by atoms with E-state index in [-0.39, 0.29) is 18.3 Å². The summed E-state index contributed by atoms with van der Waals surface area (Å²) in [6.45, 7) is 30.4. The first kappa shape index (κ1) is 33.3. The van der Waals surface area contributed by atoms with Crippen LogP contribution in [0.5, 0.6) is 5.75 Å². The lowest BCUT2D eigenvalue weighted by Crippen LogP contribution is -2.59. The zero-order valence-electron chi connectivity index (χ0n) is 27.5. The van der Waals surface area contributed by atoms with E-state index < -0.39 is 16.6 Å². The number of hydrogen-bond donors (Lipinski definition) is 0. The average molecular weight is 606 g/mol. The smallest absolute Gasteiger partial charge is 0.201 e. The third kappa shape index (κ3) is 6.12. The SMILES string of the molecule is COc1ccc2nc(C3=C[C@H](O[Si](C(C)C)(C(C)C)C(C)C)[C@@H](O[Si](C(C)C)(C(C)C)C(C)C)[C@H](C)O3)sc2c1. The summed E-state index contributed by atoms with van der Waals surface area (Å²) in [5.41, 5.74) is 3.81. The molecule has 0 bridgehead atoms. The summed E-state index contributed by atoms with van der Waals surface area (Å²) in [5, 5.41) is 0.883. The second kappa shape index (κ2) is 13.0. The molecule has 5 nitrogen and oxygen atoms in total. The Balaban J connectivity index is 2.17. The third-order valence-electron chi connectivity index (χ3n) is 9.32. The van der Waals surface area contributed by atoms with Crippen LogP contribution in [-0.4, -0.2) is 47.0 Å². The molecule has 2 aromatic rings. The highest BCUT2D eigenvalue weighted by atomic mass is 32.1. The van der Waals surface area contributed by atoms with Crippen molar-refractivity contribution >= 4 is 43.9 Å². The van der Waals surface area contributed by atoms with Gasteiger partial charge in [-0.2, -0.15) is 0 Å². The van der Waals surface area contributed by atoms with Crippen LogP contribution in [0.15, 0.2) is 24.3 Å². The highest BCUT2D eigenvalue weighted by Gasteiger charge is 2.53. The first-order chi connectivity index (χ1) is 18.6. The third-order valence-corrected chi connectivity index (χ3v) is 22.5. The van der Waals surface area contributed by atoms with Crippen LogP contribution in [0.3, 0.4) is 0 Å². The maximum atomic E-state index is 7.53. The van der Waals surface area contributed by atoms with Gasteiger partial charge in [0.05, 0.1) is 23.4 Å². The summed E-state index contributed by atoms with van der Waals surface area (Å²) in [7, 11) is -2.71. The van der Waals surface area contributed by atoms with E-state index in [9.17, 15) is 0 Å². The summed E-state index contributed by atoms with van der Waals surface area (Å²) < 4.78 is 28.2. The summed E-state index contributed by atoms with van der Waals surface area (Å²) >= 11 is 1.64. The predicted molar refractivity (Wildman–Crippen MR) is 177 cm³/mol. The molecule has 2 heterocycles. The van der Waals surface area contributed by atoms with Gasteiger partial charge in [0.1, 0.15) is 18.0 Å². The quantitative estimate of drug-likeness (QED) is 0.225. The minimum Gasteiger partial charge on any atom is -0.497 e. The van der Waals surface area contributed by atoms with Crippen molar-refractivity contribution in [1.29, 1.82) is 0 Å². The van der Waals surface area contributed by atoms with Crippen molar-refractivity contribution in [1.82, 2.24) is 4.98 Å². The standard InChI is InChI=1S/C32H55NO4SSi2/c1-19(2)39(20(3)4,21(5)6)36-28-18-29(32-33-27-16-15-26(34-14)17-30(27)38-32)35-25(13)31(28)37-40(22(7)8,23(9)10)24(11)12/h15-25,28,31H,1-14H3/t25-,28-,31-/m0/s1. The monoisotopic (exact) mass is 605 g/mol. The zero-order chi connectivity index (χ0) is 30.2. The van der Waals surface area contributed by atoms with Crippen molar-refractivity contribution in [2.75, 3.05) is 7.11 Å². The van der Waals surface area contributed by atoms with Crippen molar-refractivity contribution in [2.24, 2.45) is 0 Å². The van der Waals surface area contributed by atoms with Gasteiger partial charge in [-0.3, -0.25) is 0 Å². The second-order valence-electron chi connectivity index (χ2n) is 13.5. The molecule has 0 fully saturated rings. The molecule has 40 heavy (non-hydrogen) atoms. The van der Waals surface area contributed by atoms with Crippen LogP contribution in [0.2, 0.25) is 33.2 Å². The largest absolute Gasteiger partial charge is 0.497 e. The Labute approximate surface area is 250 Å². The fourth-order valence-corrected chi connectivity index (χ4v) is 19.7. The molecular formula is C32H55NO4SSi2. The molecule has 226 valence electrons. The number of nitrogens with zero attached hydrogens (tertiary/aromatic N) is 1. The molecule has 1 aliphatic rings. The molecule has 1 aromatic carbocycles. The van der Waals surface area contributed by atoms with Gasteiger partial charge in [-0.05, 0) is 64.4 Å². The molecule has 1 aromatic heterocycles. The molecule has 0 unspecified atom stereocenters. The summed E-state index contributed by atoms with van der Waals surface area (Å²) in [4.78, 5) is 4.96. The molecule has 0 aliphatic carbocycles. The highest BCUT2D eigenvalue weighted by Crippen LogP contribution is 2.48. The van der Waals surface area contributed by atoms with Gasteiger partial charge < -0.3 is 18.3 Å². The fourth-order valence-electron chi connectivity index (χ4n) is 7.63. The van der Waals surface area contributed by atoms with Gasteiger partial charge in [0.25, 0.3) is 0 Å². The number of thiazole rings is 1. The maximum Gasteiger partial charge on any atom is 0.201 e. The van der Waals surface area contributed by atoms with Crippen molar-refractivity contribution in [3.05, 3.63) is 29.3 Å². The summed E-state index contributed by atoms with van der Waals surface area (Å²) in [6.07, 6.45) is 1.68. The summed E-state index contributed by atoms with van der Waals surface area (Å²) in [6, 6.07) is 6.02. The normalized spacial score (nSPS) is 20.9. The first-order valence-electron chi connectivity index (χ1n) is 15.3. The van der Waals surface area contributed by atoms with Crippen molar-refractivity contribution in [3.63, 3.8) is 0 Å². The topological polar surface area (TPSA) is 49.8 Å². The highest BCUT2D eigenvalue weighted by molar-refractivity contribution is 7.19. The second-order valence-corrected chi connectivity index (χ2v) is 25.4. The number of methoxy groups -OCH3 is 1. The van der Waals surface area contributed by atoms with E-state index in [0.29, 0.717) is 33.2 Å². The van der Waals surface area contributed by atoms with Crippen LogP contribution in [0.25, 0.3) is 16.0 Å². The van der Waals surface area contributed by atoms with E-state index in [4.69, 9.17) is 23.3 Å². The van der Waals surface area contributed by atoms with E-state index >= 15 is 0 Å². The average Bonchev–Trinajstić information content (AvgIpc) is 3.28. The van der Waals surface area contributed by atoms with Gasteiger partial charge in [-0.15, -0.1) is 11.3 Å². The number of benzene rings is 1. The van der Waals surface area contributed by atoms with Crippen LogP contribution >= 0.6 is 11.3 Å². The van der Waals surface area contributed by atoms with Crippen molar-refractivity contribution in [3.8, 4) is 5.75 Å². The molecule has 1 aliphatic heterocycles. The van der Waals surface area contributed by atoms with E-state index in [1.807, 2.05) is 18.2 Å². The molecule has 0 saturated heterocycles. The predicted octanol–water partition coefficient (Wildman–Crippen LogP) is 10.2. The Bertz CT molecular complexity index is 1110. The molecule has 3 rings (SSSR count). The van der Waals surface area contributed by atoms with Gasteiger partial charge in [-0.1, -0.05) is 83.1 Å². The Morgan fingerprint density at radius 1 is 0.775 bits per heavy atom. The summed E-state index contributed by atoms with van der Waals surface area (Å²) in [5.74, 6) is 1.64. The number of fused-ring (bicyclic) bond motifs is 1. The van der Waals surface area contributed by atoms with Gasteiger partial charge in [-0.25, -0.2) is 4.98 Å². The lowest BCUT2D eigenvalue weighted by Gasteiger charge is -2.51. The minimum absolute atomic E-state index is 0.159. The van der Waals surface area contributed by atoms with Crippen LogP contribution in [0.1, 0.15) is 95.0 Å². The maximum absolute atomic E-state index is 7.53. The van der Waals surface area contributed by atoms with Gasteiger partial charge in [0.15, 0.2) is 10.8 Å². The van der Waals surface area contributed by atoms with Crippen molar-refractivity contribution in [2.45, 2.75) is 142 Å². The van der Waals surface area contributed by atoms with Crippen LogP contribution < -0.4 is 4.74 Å². The fraction of sp³-hybridized carbons (Fsp3) is 0.719. The Hall–Kier alpha value is -1.20. The first-order valence-corrected chi connectivity index (χ1v) is 20.4. The molecule has 0 radical (unpaired) electrons. The zero-order valence-corrected chi connectivity index (χ0v) is 30.3. The molecule has 0 saturated carbocycles. The molecule has 0 N–H and O–H groups in total. The lowest BCUT2D eigenvalue weighted by atomic mass is 10.1. The molecule has 0 amide bonds. The number of ether oxygens (including phenoxy) is 2. The van der Waals surface area contributed by atoms with E-state index in [1.165, 1.54) is 0 Å². The van der Waals surface area contributed by atoms with Gasteiger partial charge in [0.2, 0.25) is 16.6 Å². The molecule has 0 spiro atoms. The minimum atomic E-state index is -2.22. The Kier molecular flexibility index (Phi) is 10.8. The Morgan fingerprint density at radius 2 is 1.27 bits per heavy atom. The number of rotatable bonds is 12. The van der Waals surface area contributed by atoms with E-state index in [2.05, 4.69) is 96.1 Å². The van der Waals surface area contributed by atoms with Crippen LogP contribution in [-0.2, 0) is 13.6 Å². The Morgan fingerprint density at radius 3 is 1.75 bits per heavy atom. The van der Waals surface area contributed by atoms with Crippen molar-refractivity contribution < 1.29 is 18.3 Å². The number of aromatic nitrogens is 1. The van der Waals surface area contributed by atoms with Crippen LogP contribution in [0.4, 0.5) is 0 Å². The van der Waals surface area contributed by atoms with Gasteiger partial charge in [0, 0.05) is 0 Å². The molecule has 3 atom stereocenters. The molecule has 8 heteroatoms. The van der Waals surface area contributed by atoms with E-state index in [1.54, 1.807) is 18.4 Å². The molecular weight excluding hydrogens is 551 g/mol. The number of hydrogen-bond acceptors (Lipinski definition) is 6. The van der Waals surface area contributed by atoms with Crippen LogP contribution in [0, 0.1) is 0 Å². The van der Waals surface area contributed by atoms with Gasteiger partial charge >= 0.3 is 0 Å². The van der Waals surface area contributed by atoms with E-state index in [0.717, 1.165) is 26.7 Å². The lowest BCUT2D eigenvalue weighted by molar-refractivity contribution is -0.0361.